The predicted molar refractivity (Wildman–Crippen MR) is 86.3 cm³/mol. The average molecular weight is 278 g/mol. The summed E-state index contributed by atoms with van der Waals surface area (Å²) in [6.45, 7) is 7.75. The maximum atomic E-state index is 5.48. The van der Waals surface area contributed by atoms with Gasteiger partial charge in [-0.1, -0.05) is 39.0 Å². The summed E-state index contributed by atoms with van der Waals surface area (Å²) in [5.41, 5.74) is 1.25. The number of benzene rings is 1. The van der Waals surface area contributed by atoms with Crippen LogP contribution in [0.1, 0.15) is 38.8 Å². The number of rotatable bonds is 8. The number of hydrogen-bond acceptors (Lipinski definition) is 3. The normalized spacial score (nSPS) is 14.6. The highest BCUT2D eigenvalue weighted by atomic mass is 16.5. The summed E-state index contributed by atoms with van der Waals surface area (Å²) in [6.07, 6.45) is 1.05. The zero-order valence-electron chi connectivity index (χ0n) is 13.8. The molecule has 0 saturated heterocycles. The van der Waals surface area contributed by atoms with E-state index in [1.807, 2.05) is 12.1 Å². The molecule has 20 heavy (non-hydrogen) atoms. The minimum absolute atomic E-state index is 0.340. The van der Waals surface area contributed by atoms with Crippen LogP contribution in [0.2, 0.25) is 0 Å². The lowest BCUT2D eigenvalue weighted by molar-refractivity contribution is 0.217. The highest BCUT2D eigenvalue weighted by Crippen LogP contribution is 2.27. The Kier molecular flexibility index (Phi) is 7.03. The fourth-order valence-corrected chi connectivity index (χ4v) is 2.71. The highest BCUT2D eigenvalue weighted by molar-refractivity contribution is 5.35. The van der Waals surface area contributed by atoms with Crippen LogP contribution in [0, 0.1) is 5.92 Å². The molecule has 0 amide bonds. The van der Waals surface area contributed by atoms with Crippen molar-refractivity contribution in [1.82, 2.24) is 10.2 Å². The van der Waals surface area contributed by atoms with Crippen LogP contribution in [0.4, 0.5) is 0 Å². The molecule has 1 aromatic carbocycles. The van der Waals surface area contributed by atoms with Crippen molar-refractivity contribution in [1.29, 1.82) is 0 Å². The zero-order chi connectivity index (χ0) is 15.1. The molecule has 114 valence electrons. The van der Waals surface area contributed by atoms with Gasteiger partial charge in [0.2, 0.25) is 0 Å². The molecule has 2 atom stereocenters. The Morgan fingerprint density at radius 1 is 1.20 bits per heavy atom. The van der Waals surface area contributed by atoms with Crippen molar-refractivity contribution in [2.45, 2.75) is 39.3 Å². The van der Waals surface area contributed by atoms with Gasteiger partial charge in [-0.05, 0) is 32.5 Å². The molecule has 0 saturated carbocycles. The van der Waals surface area contributed by atoms with Gasteiger partial charge >= 0.3 is 0 Å². The molecule has 0 fully saturated rings. The van der Waals surface area contributed by atoms with Crippen LogP contribution in [0.25, 0.3) is 0 Å². The summed E-state index contributed by atoms with van der Waals surface area (Å²) in [5, 5.41) is 3.70. The SMILES string of the molecule is CCC(NCC(C(C)C)N(C)C)c1ccccc1OC. The minimum Gasteiger partial charge on any atom is -0.496 e. The van der Waals surface area contributed by atoms with Crippen LogP contribution < -0.4 is 10.1 Å². The first kappa shape index (κ1) is 17.0. The Bertz CT molecular complexity index is 382. The van der Waals surface area contributed by atoms with Gasteiger partial charge in [0.25, 0.3) is 0 Å². The van der Waals surface area contributed by atoms with Crippen LogP contribution >= 0.6 is 0 Å². The summed E-state index contributed by atoms with van der Waals surface area (Å²) in [4.78, 5) is 2.30. The van der Waals surface area contributed by atoms with Gasteiger partial charge in [-0.3, -0.25) is 0 Å². The molecule has 0 radical (unpaired) electrons. The molecule has 0 aliphatic carbocycles. The van der Waals surface area contributed by atoms with E-state index >= 15 is 0 Å². The van der Waals surface area contributed by atoms with Crippen molar-refractivity contribution in [2.75, 3.05) is 27.7 Å². The number of likely N-dealkylation sites (N-methyl/N-ethyl adjacent to an activating group) is 1. The van der Waals surface area contributed by atoms with Crippen molar-refractivity contribution in [2.24, 2.45) is 5.92 Å². The fraction of sp³-hybridized carbons (Fsp3) is 0.647. The number of nitrogens with one attached hydrogen (secondary N) is 1. The van der Waals surface area contributed by atoms with E-state index in [4.69, 9.17) is 4.74 Å². The van der Waals surface area contributed by atoms with Crippen molar-refractivity contribution >= 4 is 0 Å². The lowest BCUT2D eigenvalue weighted by Crippen LogP contribution is -2.42. The van der Waals surface area contributed by atoms with E-state index in [9.17, 15) is 0 Å². The molecule has 3 heteroatoms. The summed E-state index contributed by atoms with van der Waals surface area (Å²) in [7, 11) is 6.04. The van der Waals surface area contributed by atoms with E-state index in [0.717, 1.165) is 18.7 Å². The molecule has 3 nitrogen and oxygen atoms in total. The lowest BCUT2D eigenvalue weighted by atomic mass is 10.00. The Balaban J connectivity index is 2.77. The maximum absolute atomic E-state index is 5.48. The first-order valence-corrected chi connectivity index (χ1v) is 7.53. The van der Waals surface area contributed by atoms with Gasteiger partial charge in [-0.2, -0.15) is 0 Å². The largest absolute Gasteiger partial charge is 0.496 e. The van der Waals surface area contributed by atoms with Crippen LogP contribution in [0.5, 0.6) is 5.75 Å². The molecular weight excluding hydrogens is 248 g/mol. The standard InChI is InChI=1S/C17H30N2O/c1-7-15(14-10-8-9-11-17(14)20-6)18-12-16(13(2)3)19(4)5/h8-11,13,15-16,18H,7,12H2,1-6H3. The quantitative estimate of drug-likeness (QED) is 0.789. The number of ether oxygens (including phenoxy) is 1. The van der Waals surface area contributed by atoms with Gasteiger partial charge in [0.05, 0.1) is 7.11 Å². The third kappa shape index (κ3) is 4.50. The van der Waals surface area contributed by atoms with E-state index in [2.05, 4.69) is 57.2 Å². The molecule has 1 N–H and O–H groups in total. The Hall–Kier alpha value is -1.06. The number of hydrogen-bond donors (Lipinski definition) is 1. The van der Waals surface area contributed by atoms with E-state index in [-0.39, 0.29) is 0 Å². The summed E-state index contributed by atoms with van der Waals surface area (Å²) >= 11 is 0. The van der Waals surface area contributed by atoms with Gasteiger partial charge < -0.3 is 15.0 Å². The monoisotopic (exact) mass is 278 g/mol. The van der Waals surface area contributed by atoms with Crippen LogP contribution in [0.15, 0.2) is 24.3 Å². The minimum atomic E-state index is 0.340. The summed E-state index contributed by atoms with van der Waals surface area (Å²) in [5.74, 6) is 1.60. The van der Waals surface area contributed by atoms with Gasteiger partial charge in [0.15, 0.2) is 0 Å². The second kappa shape index (κ2) is 8.28. The fourth-order valence-electron chi connectivity index (χ4n) is 2.71. The lowest BCUT2D eigenvalue weighted by Gasteiger charge is -2.30. The van der Waals surface area contributed by atoms with Crippen LogP contribution in [0.3, 0.4) is 0 Å². The smallest absolute Gasteiger partial charge is 0.123 e. The van der Waals surface area contributed by atoms with Gasteiger partial charge in [0.1, 0.15) is 5.75 Å². The van der Waals surface area contributed by atoms with Crippen molar-refractivity contribution < 1.29 is 4.74 Å². The van der Waals surface area contributed by atoms with Crippen molar-refractivity contribution in [3.63, 3.8) is 0 Å². The molecule has 2 unspecified atom stereocenters. The van der Waals surface area contributed by atoms with E-state index < -0.39 is 0 Å². The zero-order valence-corrected chi connectivity index (χ0v) is 13.8. The third-order valence-electron chi connectivity index (χ3n) is 3.93. The van der Waals surface area contributed by atoms with Crippen LogP contribution in [-0.4, -0.2) is 38.7 Å². The van der Waals surface area contributed by atoms with Crippen molar-refractivity contribution in [3.8, 4) is 5.75 Å². The van der Waals surface area contributed by atoms with Gasteiger partial charge in [0, 0.05) is 24.2 Å². The number of nitrogens with zero attached hydrogens (tertiary/aromatic N) is 1. The first-order valence-electron chi connectivity index (χ1n) is 7.53. The molecule has 0 bridgehead atoms. The predicted octanol–water partition coefficient (Wildman–Crippen LogP) is 3.32. The highest BCUT2D eigenvalue weighted by Gasteiger charge is 2.19. The first-order chi connectivity index (χ1) is 9.51. The van der Waals surface area contributed by atoms with Gasteiger partial charge in [-0.15, -0.1) is 0 Å². The van der Waals surface area contributed by atoms with E-state index in [0.29, 0.717) is 18.0 Å². The molecule has 1 rings (SSSR count). The Labute approximate surface area is 124 Å². The second-order valence-corrected chi connectivity index (χ2v) is 5.89. The maximum Gasteiger partial charge on any atom is 0.123 e. The third-order valence-corrected chi connectivity index (χ3v) is 3.93. The Morgan fingerprint density at radius 2 is 1.85 bits per heavy atom. The van der Waals surface area contributed by atoms with E-state index in [1.165, 1.54) is 5.56 Å². The second-order valence-electron chi connectivity index (χ2n) is 5.89. The average Bonchev–Trinajstić information content (AvgIpc) is 2.42. The van der Waals surface area contributed by atoms with Crippen molar-refractivity contribution in [3.05, 3.63) is 29.8 Å². The Morgan fingerprint density at radius 3 is 2.35 bits per heavy atom. The number of methoxy groups -OCH3 is 1. The number of para-hydroxylation sites is 1. The van der Waals surface area contributed by atoms with E-state index in [1.54, 1.807) is 7.11 Å². The molecular formula is C17H30N2O. The van der Waals surface area contributed by atoms with Gasteiger partial charge in [-0.25, -0.2) is 0 Å². The molecule has 0 aromatic heterocycles. The van der Waals surface area contributed by atoms with Crippen LogP contribution in [-0.2, 0) is 0 Å². The summed E-state index contributed by atoms with van der Waals surface area (Å²) < 4.78 is 5.48. The molecule has 0 aliphatic rings. The molecule has 0 spiro atoms. The molecule has 0 heterocycles. The summed E-state index contributed by atoms with van der Waals surface area (Å²) in [6, 6.07) is 9.16. The molecule has 0 aliphatic heterocycles. The molecule has 1 aromatic rings. The topological polar surface area (TPSA) is 24.5 Å².